The Morgan fingerprint density at radius 3 is 3.08 bits per heavy atom. The molecule has 1 N–H and O–H groups in total. The van der Waals surface area contributed by atoms with Gasteiger partial charge in [-0.2, -0.15) is 0 Å². The number of nitrogens with zero attached hydrogens (tertiary/aromatic N) is 3. The summed E-state index contributed by atoms with van der Waals surface area (Å²) < 4.78 is 5.87. The summed E-state index contributed by atoms with van der Waals surface area (Å²) in [6.07, 6.45) is 8.38. The molecule has 1 atom stereocenters. The molecule has 4 rings (SSSR count). The Morgan fingerprint density at radius 1 is 1.29 bits per heavy atom. The molecule has 0 spiro atoms. The van der Waals surface area contributed by atoms with Gasteiger partial charge in [-0.15, -0.1) is 0 Å². The summed E-state index contributed by atoms with van der Waals surface area (Å²) in [4.78, 5) is 26.1. The lowest BCUT2D eigenvalue weighted by atomic mass is 10.1. The molecule has 1 unspecified atom stereocenters. The second-order valence-corrected chi connectivity index (χ2v) is 5.92. The van der Waals surface area contributed by atoms with Crippen LogP contribution < -0.4 is 4.74 Å². The molecule has 3 heterocycles. The largest absolute Gasteiger partial charge is 0.471 e. The van der Waals surface area contributed by atoms with Crippen LogP contribution in [0.3, 0.4) is 0 Å². The van der Waals surface area contributed by atoms with Crippen molar-refractivity contribution in [2.24, 2.45) is 0 Å². The number of carbonyl (C=O) groups excluding carboxylic acids is 1. The zero-order chi connectivity index (χ0) is 16.4. The van der Waals surface area contributed by atoms with Crippen molar-refractivity contribution in [3.63, 3.8) is 0 Å². The summed E-state index contributed by atoms with van der Waals surface area (Å²) in [5.74, 6) is 0.545. The average molecular weight is 322 g/mol. The third kappa shape index (κ3) is 2.82. The second kappa shape index (κ2) is 6.31. The lowest BCUT2D eigenvalue weighted by Gasteiger charge is -2.32. The maximum absolute atomic E-state index is 12.9. The number of carbonyl (C=O) groups is 1. The van der Waals surface area contributed by atoms with E-state index in [1.165, 1.54) is 0 Å². The first-order valence-corrected chi connectivity index (χ1v) is 8.09. The summed E-state index contributed by atoms with van der Waals surface area (Å²) in [5.41, 5.74) is 1.69. The van der Waals surface area contributed by atoms with Crippen LogP contribution in [0, 0.1) is 0 Å². The molecule has 6 nitrogen and oxygen atoms in total. The van der Waals surface area contributed by atoms with Gasteiger partial charge in [-0.25, -0.2) is 4.98 Å². The van der Waals surface area contributed by atoms with Gasteiger partial charge in [0.2, 0.25) is 5.88 Å². The van der Waals surface area contributed by atoms with E-state index in [2.05, 4.69) is 15.0 Å². The van der Waals surface area contributed by atoms with Crippen molar-refractivity contribution < 1.29 is 9.53 Å². The SMILES string of the molecule is O=C(c1c[nH]c2ccccc12)N1CCCC(Oc2cnccn2)C1. The lowest BCUT2D eigenvalue weighted by Crippen LogP contribution is -2.44. The molecule has 1 aliphatic rings. The van der Waals surface area contributed by atoms with Crippen molar-refractivity contribution in [2.75, 3.05) is 13.1 Å². The van der Waals surface area contributed by atoms with Crippen molar-refractivity contribution in [2.45, 2.75) is 18.9 Å². The van der Waals surface area contributed by atoms with Gasteiger partial charge in [-0.1, -0.05) is 18.2 Å². The zero-order valence-electron chi connectivity index (χ0n) is 13.2. The molecule has 0 radical (unpaired) electrons. The monoisotopic (exact) mass is 322 g/mol. The van der Waals surface area contributed by atoms with Crippen LogP contribution in [0.15, 0.2) is 49.1 Å². The number of hydrogen-bond acceptors (Lipinski definition) is 4. The number of amides is 1. The number of rotatable bonds is 3. The predicted molar refractivity (Wildman–Crippen MR) is 89.9 cm³/mol. The standard InChI is InChI=1S/C18H18N4O2/c23-18(15-10-21-16-6-2-1-5-14(15)16)22-9-3-4-13(12-22)24-17-11-19-7-8-20-17/h1-2,5-8,10-11,13,21H,3-4,9,12H2. The van der Waals surface area contributed by atoms with E-state index in [0.717, 1.165) is 30.3 Å². The van der Waals surface area contributed by atoms with Crippen LogP contribution in [0.1, 0.15) is 23.2 Å². The molecule has 0 aliphatic carbocycles. The van der Waals surface area contributed by atoms with E-state index < -0.39 is 0 Å². The second-order valence-electron chi connectivity index (χ2n) is 5.92. The Hall–Kier alpha value is -2.89. The molecular weight excluding hydrogens is 304 g/mol. The van der Waals surface area contributed by atoms with Crippen molar-refractivity contribution in [3.05, 3.63) is 54.6 Å². The van der Waals surface area contributed by atoms with E-state index in [0.29, 0.717) is 18.0 Å². The molecule has 1 amide bonds. The van der Waals surface area contributed by atoms with Crippen LogP contribution in [0.5, 0.6) is 5.88 Å². The van der Waals surface area contributed by atoms with Gasteiger partial charge in [-0.05, 0) is 18.9 Å². The molecule has 1 aliphatic heterocycles. The Bertz CT molecular complexity index is 846. The minimum absolute atomic E-state index is 0.0416. The molecule has 3 aromatic rings. The van der Waals surface area contributed by atoms with Crippen LogP contribution in [0.25, 0.3) is 10.9 Å². The topological polar surface area (TPSA) is 71.1 Å². The number of piperidine rings is 1. The third-order valence-corrected chi connectivity index (χ3v) is 4.31. The van der Waals surface area contributed by atoms with Gasteiger partial charge in [0.05, 0.1) is 18.3 Å². The highest BCUT2D eigenvalue weighted by Crippen LogP contribution is 2.22. The van der Waals surface area contributed by atoms with E-state index in [4.69, 9.17) is 4.74 Å². The zero-order valence-corrected chi connectivity index (χ0v) is 13.2. The van der Waals surface area contributed by atoms with Crippen molar-refractivity contribution in [3.8, 4) is 5.88 Å². The Kier molecular flexibility index (Phi) is 3.86. The number of likely N-dealkylation sites (tertiary alicyclic amines) is 1. The maximum atomic E-state index is 12.9. The van der Waals surface area contributed by atoms with Crippen LogP contribution in [0.4, 0.5) is 0 Å². The van der Waals surface area contributed by atoms with Crippen LogP contribution in [-0.2, 0) is 0 Å². The van der Waals surface area contributed by atoms with Crippen LogP contribution in [-0.4, -0.2) is 45.0 Å². The Morgan fingerprint density at radius 2 is 2.21 bits per heavy atom. The van der Waals surface area contributed by atoms with Gasteiger partial charge >= 0.3 is 0 Å². The highest BCUT2D eigenvalue weighted by Gasteiger charge is 2.27. The number of benzene rings is 1. The fourth-order valence-corrected chi connectivity index (χ4v) is 3.15. The van der Waals surface area contributed by atoms with Crippen LogP contribution >= 0.6 is 0 Å². The van der Waals surface area contributed by atoms with Gasteiger partial charge < -0.3 is 14.6 Å². The number of para-hydroxylation sites is 1. The number of aromatic amines is 1. The van der Waals surface area contributed by atoms with Gasteiger partial charge in [0.25, 0.3) is 5.91 Å². The summed E-state index contributed by atoms with van der Waals surface area (Å²) in [6, 6.07) is 7.85. The minimum Gasteiger partial charge on any atom is -0.471 e. The number of aromatic nitrogens is 3. The van der Waals surface area contributed by atoms with Crippen LogP contribution in [0.2, 0.25) is 0 Å². The van der Waals surface area contributed by atoms with E-state index in [-0.39, 0.29) is 12.0 Å². The molecule has 2 aromatic heterocycles. The van der Waals surface area contributed by atoms with Crippen molar-refractivity contribution in [1.82, 2.24) is 19.9 Å². The van der Waals surface area contributed by atoms with Gasteiger partial charge in [0.15, 0.2) is 0 Å². The fraction of sp³-hybridized carbons (Fsp3) is 0.278. The summed E-state index contributed by atoms with van der Waals surface area (Å²) in [5, 5.41) is 0.958. The first kappa shape index (κ1) is 14.7. The Labute approximate surface area is 139 Å². The smallest absolute Gasteiger partial charge is 0.256 e. The molecule has 1 fully saturated rings. The van der Waals surface area contributed by atoms with E-state index in [9.17, 15) is 4.79 Å². The summed E-state index contributed by atoms with van der Waals surface area (Å²) >= 11 is 0. The maximum Gasteiger partial charge on any atom is 0.256 e. The number of H-pyrrole nitrogens is 1. The first-order valence-electron chi connectivity index (χ1n) is 8.09. The molecule has 122 valence electrons. The molecular formula is C18H18N4O2. The summed E-state index contributed by atoms with van der Waals surface area (Å²) in [6.45, 7) is 1.31. The van der Waals surface area contributed by atoms with E-state index in [1.807, 2.05) is 29.2 Å². The number of fused-ring (bicyclic) bond motifs is 1. The lowest BCUT2D eigenvalue weighted by molar-refractivity contribution is 0.0528. The minimum atomic E-state index is -0.0513. The highest BCUT2D eigenvalue weighted by molar-refractivity contribution is 6.06. The number of hydrogen-bond donors (Lipinski definition) is 1. The molecule has 6 heteroatoms. The van der Waals surface area contributed by atoms with E-state index >= 15 is 0 Å². The van der Waals surface area contributed by atoms with Crippen molar-refractivity contribution >= 4 is 16.8 Å². The first-order chi connectivity index (χ1) is 11.8. The van der Waals surface area contributed by atoms with Crippen molar-refractivity contribution in [1.29, 1.82) is 0 Å². The third-order valence-electron chi connectivity index (χ3n) is 4.31. The number of nitrogens with one attached hydrogen (secondary N) is 1. The fourth-order valence-electron chi connectivity index (χ4n) is 3.15. The number of ether oxygens (including phenoxy) is 1. The molecule has 0 saturated carbocycles. The van der Waals surface area contributed by atoms with E-state index in [1.54, 1.807) is 24.8 Å². The Balaban J connectivity index is 1.50. The molecule has 24 heavy (non-hydrogen) atoms. The molecule has 1 saturated heterocycles. The molecule has 0 bridgehead atoms. The normalized spacial score (nSPS) is 17.8. The predicted octanol–water partition coefficient (Wildman–Crippen LogP) is 2.64. The van der Waals surface area contributed by atoms with Gasteiger partial charge in [0, 0.05) is 36.0 Å². The average Bonchev–Trinajstić information content (AvgIpc) is 3.06. The molecule has 1 aromatic carbocycles. The van der Waals surface area contributed by atoms with Gasteiger partial charge in [0.1, 0.15) is 6.10 Å². The summed E-state index contributed by atoms with van der Waals surface area (Å²) in [7, 11) is 0. The van der Waals surface area contributed by atoms with Gasteiger partial charge in [-0.3, -0.25) is 9.78 Å². The quantitative estimate of drug-likeness (QED) is 0.805. The highest BCUT2D eigenvalue weighted by atomic mass is 16.5.